The van der Waals surface area contributed by atoms with Crippen LogP contribution in [0, 0.1) is 12.8 Å². The highest BCUT2D eigenvalue weighted by atomic mass is 79.9. The fourth-order valence-corrected chi connectivity index (χ4v) is 3.87. The molecule has 2 aromatic carbocycles. The van der Waals surface area contributed by atoms with Crippen LogP contribution in [-0.2, 0) is 6.42 Å². The van der Waals surface area contributed by atoms with Gasteiger partial charge in [0.2, 0.25) is 5.89 Å². The van der Waals surface area contributed by atoms with E-state index in [1.54, 1.807) is 13.0 Å². The number of halogens is 1. The maximum absolute atomic E-state index is 13.0. The van der Waals surface area contributed by atoms with Gasteiger partial charge in [0.1, 0.15) is 5.69 Å². The van der Waals surface area contributed by atoms with Gasteiger partial charge in [0.25, 0.3) is 11.8 Å². The zero-order valence-electron chi connectivity index (χ0n) is 19.0. The van der Waals surface area contributed by atoms with E-state index in [2.05, 4.69) is 45.3 Å². The normalized spacial score (nSPS) is 12.2. The third kappa shape index (κ3) is 5.39. The number of benzene rings is 2. The molecule has 4 rings (SSSR count). The van der Waals surface area contributed by atoms with E-state index in [-0.39, 0.29) is 11.9 Å². The van der Waals surface area contributed by atoms with Crippen molar-refractivity contribution in [3.8, 4) is 17.3 Å². The highest BCUT2D eigenvalue weighted by Crippen LogP contribution is 2.24. The Morgan fingerprint density at radius 2 is 1.85 bits per heavy atom. The van der Waals surface area contributed by atoms with E-state index < -0.39 is 0 Å². The lowest BCUT2D eigenvalue weighted by molar-refractivity contribution is 0.0940. The van der Waals surface area contributed by atoms with Crippen LogP contribution in [-0.4, -0.2) is 25.9 Å². The maximum Gasteiger partial charge on any atom is 0.268 e. The summed E-state index contributed by atoms with van der Waals surface area (Å²) in [5.41, 5.74) is 4.03. The number of aryl methyl sites for hydroxylation is 1. The molecule has 0 saturated carbocycles. The molecule has 170 valence electrons. The van der Waals surface area contributed by atoms with Crippen LogP contribution in [0.2, 0.25) is 0 Å². The fourth-order valence-electron chi connectivity index (χ4n) is 3.61. The molecular formula is C25H26BrN5O2. The summed E-state index contributed by atoms with van der Waals surface area (Å²) in [6, 6.07) is 17.2. The van der Waals surface area contributed by atoms with Crippen molar-refractivity contribution in [1.82, 2.24) is 25.3 Å². The molecule has 0 radical (unpaired) electrons. The van der Waals surface area contributed by atoms with E-state index in [4.69, 9.17) is 9.52 Å². The fraction of sp³-hybridized carbons (Fsp3) is 0.280. The molecule has 1 atom stereocenters. The van der Waals surface area contributed by atoms with Crippen molar-refractivity contribution >= 4 is 21.8 Å². The van der Waals surface area contributed by atoms with Crippen LogP contribution in [0.1, 0.15) is 54.3 Å². The Balaban J connectivity index is 1.62. The first-order valence-electron chi connectivity index (χ1n) is 10.9. The molecule has 1 amide bonds. The molecule has 0 aliphatic carbocycles. The highest BCUT2D eigenvalue weighted by molar-refractivity contribution is 9.10. The van der Waals surface area contributed by atoms with Crippen molar-refractivity contribution in [2.24, 2.45) is 5.92 Å². The van der Waals surface area contributed by atoms with Crippen LogP contribution in [0.4, 0.5) is 0 Å². The van der Waals surface area contributed by atoms with Crippen molar-refractivity contribution in [2.75, 3.05) is 0 Å². The minimum Gasteiger partial charge on any atom is -0.420 e. The van der Waals surface area contributed by atoms with Crippen molar-refractivity contribution < 1.29 is 9.21 Å². The SMILES string of the molecule is Cc1nnc(-c2cc(CC(C)C)n(-c3cccc(C(=O)NC(C)c4ccc(Br)cc4)c3)n2)o1. The molecule has 1 N–H and O–H groups in total. The number of nitrogens with zero attached hydrogens (tertiary/aromatic N) is 4. The van der Waals surface area contributed by atoms with Crippen LogP contribution in [0.25, 0.3) is 17.3 Å². The molecule has 33 heavy (non-hydrogen) atoms. The zero-order chi connectivity index (χ0) is 23.5. The van der Waals surface area contributed by atoms with Crippen molar-refractivity contribution in [3.63, 3.8) is 0 Å². The Bertz CT molecular complexity index is 1260. The van der Waals surface area contributed by atoms with Gasteiger partial charge < -0.3 is 9.73 Å². The van der Waals surface area contributed by atoms with Crippen LogP contribution in [0.3, 0.4) is 0 Å². The smallest absolute Gasteiger partial charge is 0.268 e. The second-order valence-corrected chi connectivity index (χ2v) is 9.37. The lowest BCUT2D eigenvalue weighted by atomic mass is 10.1. The zero-order valence-corrected chi connectivity index (χ0v) is 20.6. The Morgan fingerprint density at radius 1 is 1.09 bits per heavy atom. The summed E-state index contributed by atoms with van der Waals surface area (Å²) >= 11 is 3.44. The van der Waals surface area contributed by atoms with Gasteiger partial charge in [-0.25, -0.2) is 4.68 Å². The van der Waals surface area contributed by atoms with Gasteiger partial charge in [-0.05, 0) is 61.2 Å². The quantitative estimate of drug-likeness (QED) is 0.347. The van der Waals surface area contributed by atoms with Gasteiger partial charge in [-0.3, -0.25) is 4.79 Å². The van der Waals surface area contributed by atoms with Gasteiger partial charge in [-0.1, -0.05) is 48.0 Å². The molecule has 0 spiro atoms. The van der Waals surface area contributed by atoms with E-state index in [0.717, 1.165) is 27.8 Å². The summed E-state index contributed by atoms with van der Waals surface area (Å²) in [6.07, 6.45) is 0.817. The average molecular weight is 508 g/mol. The number of rotatable bonds is 7. The second-order valence-electron chi connectivity index (χ2n) is 8.45. The Labute approximate surface area is 201 Å². The van der Waals surface area contributed by atoms with Crippen molar-refractivity contribution in [3.05, 3.63) is 81.8 Å². The first-order chi connectivity index (χ1) is 15.8. The van der Waals surface area contributed by atoms with Gasteiger partial charge >= 0.3 is 0 Å². The lowest BCUT2D eigenvalue weighted by Crippen LogP contribution is -2.26. The molecule has 0 saturated heterocycles. The number of aromatic nitrogens is 4. The van der Waals surface area contributed by atoms with Gasteiger partial charge in [-0.2, -0.15) is 5.10 Å². The predicted molar refractivity (Wildman–Crippen MR) is 130 cm³/mol. The minimum absolute atomic E-state index is 0.122. The van der Waals surface area contributed by atoms with Crippen LogP contribution in [0.15, 0.2) is 63.5 Å². The molecule has 0 bridgehead atoms. The van der Waals surface area contributed by atoms with Crippen LogP contribution < -0.4 is 5.32 Å². The Hall–Kier alpha value is -3.26. The molecule has 2 heterocycles. The summed E-state index contributed by atoms with van der Waals surface area (Å²) in [4.78, 5) is 13.0. The number of nitrogens with one attached hydrogen (secondary N) is 1. The minimum atomic E-state index is -0.141. The van der Waals surface area contributed by atoms with Crippen LogP contribution in [0.5, 0.6) is 0 Å². The lowest BCUT2D eigenvalue weighted by Gasteiger charge is -2.15. The molecule has 4 aromatic rings. The maximum atomic E-state index is 13.0. The number of carbonyl (C=O) groups excluding carboxylic acids is 1. The summed E-state index contributed by atoms with van der Waals surface area (Å²) in [7, 11) is 0. The van der Waals surface area contributed by atoms with Crippen molar-refractivity contribution in [1.29, 1.82) is 0 Å². The summed E-state index contributed by atoms with van der Waals surface area (Å²) in [5.74, 6) is 1.16. The first kappa shape index (κ1) is 22.9. The monoisotopic (exact) mass is 507 g/mol. The third-order valence-corrected chi connectivity index (χ3v) is 5.74. The Morgan fingerprint density at radius 3 is 2.52 bits per heavy atom. The molecule has 8 heteroatoms. The topological polar surface area (TPSA) is 85.8 Å². The van der Waals surface area contributed by atoms with Crippen molar-refractivity contribution in [2.45, 2.75) is 40.2 Å². The molecular weight excluding hydrogens is 482 g/mol. The van der Waals surface area contributed by atoms with Gasteiger partial charge in [0.05, 0.1) is 11.7 Å². The largest absolute Gasteiger partial charge is 0.420 e. The predicted octanol–water partition coefficient (Wildman–Crippen LogP) is 5.68. The van der Waals surface area contributed by atoms with Gasteiger partial charge in [0.15, 0.2) is 0 Å². The van der Waals surface area contributed by atoms with E-state index in [0.29, 0.717) is 29.0 Å². The van der Waals surface area contributed by atoms with E-state index >= 15 is 0 Å². The van der Waals surface area contributed by atoms with E-state index in [1.807, 2.05) is 60.1 Å². The standard InChI is InChI=1S/C25H26BrN5O2/c1-15(2)12-22-14-23(25-29-28-17(4)33-25)30-31(22)21-7-5-6-19(13-21)24(32)27-16(3)18-8-10-20(26)11-9-18/h5-11,13-16H,12H2,1-4H3,(H,27,32). The molecule has 0 fully saturated rings. The Kier molecular flexibility index (Phi) is 6.74. The average Bonchev–Trinajstić information content (AvgIpc) is 3.40. The molecule has 1 unspecified atom stereocenters. The summed E-state index contributed by atoms with van der Waals surface area (Å²) in [5, 5.41) is 15.8. The van der Waals surface area contributed by atoms with E-state index in [1.165, 1.54) is 0 Å². The first-order valence-corrected chi connectivity index (χ1v) is 11.7. The number of carbonyl (C=O) groups is 1. The third-order valence-electron chi connectivity index (χ3n) is 5.22. The molecule has 0 aliphatic rings. The number of hydrogen-bond acceptors (Lipinski definition) is 5. The molecule has 0 aliphatic heterocycles. The number of hydrogen-bond donors (Lipinski definition) is 1. The van der Waals surface area contributed by atoms with Crippen LogP contribution >= 0.6 is 15.9 Å². The second kappa shape index (κ2) is 9.70. The highest BCUT2D eigenvalue weighted by Gasteiger charge is 2.18. The summed E-state index contributed by atoms with van der Waals surface area (Å²) < 4.78 is 8.42. The molecule has 2 aromatic heterocycles. The van der Waals surface area contributed by atoms with Gasteiger partial charge in [-0.15, -0.1) is 10.2 Å². The van der Waals surface area contributed by atoms with E-state index in [9.17, 15) is 4.79 Å². The van der Waals surface area contributed by atoms with Gasteiger partial charge in [0, 0.05) is 22.7 Å². The molecule has 7 nitrogen and oxygen atoms in total. The number of amides is 1. The summed E-state index contributed by atoms with van der Waals surface area (Å²) in [6.45, 7) is 8.03.